The molecule has 13 heavy (non-hydrogen) atoms. The zero-order chi connectivity index (χ0) is 9.31. The number of rotatable bonds is 3. The third-order valence-electron chi connectivity index (χ3n) is 2.59. The predicted octanol–water partition coefficient (Wildman–Crippen LogP) is 1.11. The van der Waals surface area contributed by atoms with E-state index in [1.54, 1.807) is 0 Å². The van der Waals surface area contributed by atoms with Gasteiger partial charge >= 0.3 is 0 Å². The molecule has 0 amide bonds. The quantitative estimate of drug-likeness (QED) is 0.759. The van der Waals surface area contributed by atoms with E-state index in [0.717, 1.165) is 31.2 Å². The molecule has 3 nitrogen and oxygen atoms in total. The van der Waals surface area contributed by atoms with E-state index >= 15 is 0 Å². The fourth-order valence-corrected chi connectivity index (χ4v) is 1.63. The van der Waals surface area contributed by atoms with Gasteiger partial charge in [-0.2, -0.15) is 0 Å². The molecule has 72 valence electrons. The van der Waals surface area contributed by atoms with Crippen molar-refractivity contribution in [3.05, 3.63) is 23.7 Å². The molecule has 1 aromatic heterocycles. The van der Waals surface area contributed by atoms with Crippen LogP contribution in [0.15, 0.2) is 16.5 Å². The average Bonchev–Trinajstić information content (AvgIpc) is 2.44. The lowest BCUT2D eigenvalue weighted by atomic mass is 9.82. The Morgan fingerprint density at radius 2 is 2.23 bits per heavy atom. The van der Waals surface area contributed by atoms with Gasteiger partial charge < -0.3 is 14.9 Å². The summed E-state index contributed by atoms with van der Waals surface area (Å²) in [6.45, 7) is 4.16. The molecular formula is C10H15NO2. The Morgan fingerprint density at radius 3 is 2.62 bits per heavy atom. The Kier molecular flexibility index (Phi) is 2.14. The topological polar surface area (TPSA) is 48.4 Å². The summed E-state index contributed by atoms with van der Waals surface area (Å²) < 4.78 is 10.7. The summed E-state index contributed by atoms with van der Waals surface area (Å²) in [5, 5.41) is 0. The minimum Gasteiger partial charge on any atom is -0.466 e. The van der Waals surface area contributed by atoms with Gasteiger partial charge in [-0.3, -0.25) is 0 Å². The molecule has 0 unspecified atom stereocenters. The highest BCUT2D eigenvalue weighted by atomic mass is 16.5. The second-order valence-electron chi connectivity index (χ2n) is 3.89. The van der Waals surface area contributed by atoms with E-state index in [1.165, 1.54) is 0 Å². The number of hydrogen-bond acceptors (Lipinski definition) is 3. The molecule has 0 radical (unpaired) electrons. The van der Waals surface area contributed by atoms with E-state index in [-0.39, 0.29) is 5.41 Å². The zero-order valence-corrected chi connectivity index (χ0v) is 7.88. The van der Waals surface area contributed by atoms with Crippen LogP contribution in [-0.4, -0.2) is 19.8 Å². The van der Waals surface area contributed by atoms with Crippen LogP contribution >= 0.6 is 0 Å². The monoisotopic (exact) mass is 181 g/mol. The molecule has 0 aromatic carbocycles. The van der Waals surface area contributed by atoms with Gasteiger partial charge in [0, 0.05) is 18.4 Å². The normalized spacial score (nSPS) is 19.8. The van der Waals surface area contributed by atoms with Crippen molar-refractivity contribution in [2.75, 3.05) is 19.8 Å². The van der Waals surface area contributed by atoms with Crippen LogP contribution in [0.25, 0.3) is 0 Å². The molecular weight excluding hydrogens is 166 g/mol. The lowest BCUT2D eigenvalue weighted by molar-refractivity contribution is -0.108. The third kappa shape index (κ3) is 1.62. The second kappa shape index (κ2) is 3.16. The predicted molar refractivity (Wildman–Crippen MR) is 49.5 cm³/mol. The number of furan rings is 1. The highest BCUT2D eigenvalue weighted by molar-refractivity contribution is 5.09. The summed E-state index contributed by atoms with van der Waals surface area (Å²) >= 11 is 0. The van der Waals surface area contributed by atoms with Crippen LogP contribution in [0.4, 0.5) is 0 Å². The molecule has 2 N–H and O–H groups in total. The largest absolute Gasteiger partial charge is 0.466 e. The molecule has 0 saturated carbocycles. The minimum atomic E-state index is 0.143. The first kappa shape index (κ1) is 8.78. The maximum absolute atomic E-state index is 5.70. The summed E-state index contributed by atoms with van der Waals surface area (Å²) in [5.41, 5.74) is 5.84. The van der Waals surface area contributed by atoms with E-state index < -0.39 is 0 Å². The van der Waals surface area contributed by atoms with Crippen LogP contribution in [0.5, 0.6) is 0 Å². The van der Waals surface area contributed by atoms with Crippen molar-refractivity contribution in [2.24, 2.45) is 11.1 Å². The fraction of sp³-hybridized carbons (Fsp3) is 0.600. The fourth-order valence-electron chi connectivity index (χ4n) is 1.63. The smallest absolute Gasteiger partial charge is 0.104 e. The van der Waals surface area contributed by atoms with E-state index in [1.807, 2.05) is 19.1 Å². The number of ether oxygens (including phenoxy) is 1. The van der Waals surface area contributed by atoms with Gasteiger partial charge in [-0.05, 0) is 19.1 Å². The molecule has 1 saturated heterocycles. The Morgan fingerprint density at radius 1 is 1.46 bits per heavy atom. The van der Waals surface area contributed by atoms with Gasteiger partial charge in [0.2, 0.25) is 0 Å². The summed E-state index contributed by atoms with van der Waals surface area (Å²) in [7, 11) is 0. The van der Waals surface area contributed by atoms with Gasteiger partial charge in [0.15, 0.2) is 0 Å². The molecule has 0 bridgehead atoms. The van der Waals surface area contributed by atoms with Gasteiger partial charge in [-0.1, -0.05) is 0 Å². The van der Waals surface area contributed by atoms with Gasteiger partial charge in [-0.25, -0.2) is 0 Å². The first-order valence-electron chi connectivity index (χ1n) is 4.57. The lowest BCUT2D eigenvalue weighted by Crippen LogP contribution is -2.49. The maximum Gasteiger partial charge on any atom is 0.104 e. The summed E-state index contributed by atoms with van der Waals surface area (Å²) in [5.74, 6) is 1.98. The Hall–Kier alpha value is -0.800. The van der Waals surface area contributed by atoms with Crippen LogP contribution in [0.1, 0.15) is 11.5 Å². The van der Waals surface area contributed by atoms with Crippen molar-refractivity contribution >= 4 is 0 Å². The van der Waals surface area contributed by atoms with Crippen LogP contribution in [0.3, 0.4) is 0 Å². The Labute approximate surface area is 77.9 Å². The Bertz CT molecular complexity index is 283. The molecule has 1 aliphatic heterocycles. The average molecular weight is 181 g/mol. The molecule has 0 spiro atoms. The van der Waals surface area contributed by atoms with E-state index in [9.17, 15) is 0 Å². The van der Waals surface area contributed by atoms with Gasteiger partial charge in [0.1, 0.15) is 11.5 Å². The molecule has 2 rings (SSSR count). The highest BCUT2D eigenvalue weighted by Gasteiger charge is 2.38. The van der Waals surface area contributed by atoms with Crippen molar-refractivity contribution in [1.82, 2.24) is 0 Å². The Balaban J connectivity index is 2.04. The summed E-state index contributed by atoms with van der Waals surface area (Å²) in [6, 6.07) is 4.00. The number of aryl methyl sites for hydroxylation is 1. The summed E-state index contributed by atoms with van der Waals surface area (Å²) in [6.07, 6.45) is 0.900. The standard InChI is InChI=1S/C10H15NO2/c1-8-2-3-9(13-8)4-10(5-11)6-12-7-10/h2-3H,4-7,11H2,1H3. The molecule has 2 heterocycles. The molecule has 1 aliphatic rings. The van der Waals surface area contributed by atoms with Crippen molar-refractivity contribution in [2.45, 2.75) is 13.3 Å². The lowest BCUT2D eigenvalue weighted by Gasteiger charge is -2.39. The second-order valence-corrected chi connectivity index (χ2v) is 3.89. The van der Waals surface area contributed by atoms with Crippen molar-refractivity contribution < 1.29 is 9.15 Å². The maximum atomic E-state index is 5.70. The third-order valence-corrected chi connectivity index (χ3v) is 2.59. The minimum absolute atomic E-state index is 0.143. The highest BCUT2D eigenvalue weighted by Crippen LogP contribution is 2.30. The van der Waals surface area contributed by atoms with Crippen LogP contribution in [-0.2, 0) is 11.2 Å². The van der Waals surface area contributed by atoms with Gasteiger partial charge in [0.25, 0.3) is 0 Å². The first-order chi connectivity index (χ1) is 6.24. The molecule has 1 aromatic rings. The van der Waals surface area contributed by atoms with Crippen LogP contribution in [0.2, 0.25) is 0 Å². The summed E-state index contributed by atoms with van der Waals surface area (Å²) in [4.78, 5) is 0. The van der Waals surface area contributed by atoms with E-state index in [0.29, 0.717) is 6.54 Å². The van der Waals surface area contributed by atoms with Crippen molar-refractivity contribution in [3.63, 3.8) is 0 Å². The van der Waals surface area contributed by atoms with E-state index in [4.69, 9.17) is 14.9 Å². The number of hydrogen-bond donors (Lipinski definition) is 1. The molecule has 1 fully saturated rings. The van der Waals surface area contributed by atoms with Crippen LogP contribution < -0.4 is 5.73 Å². The van der Waals surface area contributed by atoms with Crippen LogP contribution in [0, 0.1) is 12.3 Å². The molecule has 3 heteroatoms. The molecule has 0 aliphatic carbocycles. The van der Waals surface area contributed by atoms with Crippen molar-refractivity contribution in [1.29, 1.82) is 0 Å². The van der Waals surface area contributed by atoms with E-state index in [2.05, 4.69) is 0 Å². The van der Waals surface area contributed by atoms with Gasteiger partial charge in [0.05, 0.1) is 13.2 Å². The van der Waals surface area contributed by atoms with Crippen molar-refractivity contribution in [3.8, 4) is 0 Å². The molecule has 0 atom stereocenters. The zero-order valence-electron chi connectivity index (χ0n) is 7.88. The first-order valence-corrected chi connectivity index (χ1v) is 4.57. The SMILES string of the molecule is Cc1ccc(CC2(CN)COC2)o1. The van der Waals surface area contributed by atoms with Gasteiger partial charge in [-0.15, -0.1) is 0 Å². The number of nitrogens with two attached hydrogens (primary N) is 1.